The third kappa shape index (κ3) is 3.67. The maximum atomic E-state index is 5.90. The summed E-state index contributed by atoms with van der Waals surface area (Å²) < 4.78 is 3.36. The van der Waals surface area contributed by atoms with E-state index in [0.29, 0.717) is 6.04 Å². The number of halogens is 1. The van der Waals surface area contributed by atoms with Gasteiger partial charge < -0.3 is 14.8 Å². The predicted octanol–water partition coefficient (Wildman–Crippen LogP) is 5.94. The maximum Gasteiger partial charge on any atom is 0.170 e. The van der Waals surface area contributed by atoms with Crippen LogP contribution >= 0.6 is 28.1 Å². The van der Waals surface area contributed by atoms with Crippen LogP contribution in [0.25, 0.3) is 5.69 Å². The molecule has 1 aliphatic carbocycles. The van der Waals surface area contributed by atoms with E-state index in [2.05, 4.69) is 90.4 Å². The Hall–Kier alpha value is -2.18. The van der Waals surface area contributed by atoms with Crippen LogP contribution in [0.5, 0.6) is 0 Å². The minimum Gasteiger partial charge on any atom is -0.352 e. The Morgan fingerprint density at radius 3 is 2.63 bits per heavy atom. The van der Waals surface area contributed by atoms with Gasteiger partial charge in [0.2, 0.25) is 0 Å². The molecule has 2 aliphatic rings. The molecule has 2 fully saturated rings. The van der Waals surface area contributed by atoms with Crippen molar-refractivity contribution in [3.05, 3.63) is 82.9 Å². The second-order valence-corrected chi connectivity index (χ2v) is 9.41. The van der Waals surface area contributed by atoms with E-state index >= 15 is 0 Å². The fourth-order valence-electron chi connectivity index (χ4n) is 4.93. The van der Waals surface area contributed by atoms with Gasteiger partial charge in [-0.15, -0.1) is 0 Å². The van der Waals surface area contributed by atoms with Gasteiger partial charge in [0.05, 0.1) is 17.8 Å². The zero-order valence-corrected chi connectivity index (χ0v) is 19.1. The molecule has 0 amide bonds. The molecule has 5 rings (SSSR count). The van der Waals surface area contributed by atoms with Crippen molar-refractivity contribution in [2.24, 2.45) is 0 Å². The summed E-state index contributed by atoms with van der Waals surface area (Å²) in [6, 6.07) is 19.5. The Labute approximate surface area is 191 Å². The van der Waals surface area contributed by atoms with Gasteiger partial charge >= 0.3 is 0 Å². The average molecular weight is 481 g/mol. The second-order valence-electron chi connectivity index (χ2n) is 8.11. The molecule has 154 valence electrons. The molecule has 1 saturated heterocycles. The summed E-state index contributed by atoms with van der Waals surface area (Å²) in [4.78, 5) is 7.16. The van der Waals surface area contributed by atoms with Crippen molar-refractivity contribution in [3.63, 3.8) is 0 Å². The minimum absolute atomic E-state index is 0.0291. The van der Waals surface area contributed by atoms with E-state index < -0.39 is 0 Å². The lowest BCUT2D eigenvalue weighted by atomic mass is 9.92. The van der Waals surface area contributed by atoms with Gasteiger partial charge in [-0.05, 0) is 67.5 Å². The van der Waals surface area contributed by atoms with Gasteiger partial charge in [-0.3, -0.25) is 4.98 Å². The number of benzene rings is 1. The molecule has 3 aromatic rings. The van der Waals surface area contributed by atoms with Crippen molar-refractivity contribution in [1.29, 1.82) is 0 Å². The molecular formula is C24H25BrN4S. The molecule has 3 heterocycles. The van der Waals surface area contributed by atoms with Crippen molar-refractivity contribution < 1.29 is 0 Å². The SMILES string of the molecule is S=C1N[C@@H](c2ccccn2)[C@@H](c2cccn2-c2cccc(Br)c2)N1C1CCCCC1. The minimum atomic E-state index is 0.0291. The molecule has 2 aromatic heterocycles. The summed E-state index contributed by atoms with van der Waals surface area (Å²) in [5.41, 5.74) is 3.41. The molecule has 6 heteroatoms. The highest BCUT2D eigenvalue weighted by Crippen LogP contribution is 2.43. The van der Waals surface area contributed by atoms with Crippen LogP contribution in [0.3, 0.4) is 0 Å². The zero-order valence-electron chi connectivity index (χ0n) is 16.7. The Morgan fingerprint density at radius 1 is 1.00 bits per heavy atom. The van der Waals surface area contributed by atoms with Crippen molar-refractivity contribution in [2.75, 3.05) is 0 Å². The fourth-order valence-corrected chi connectivity index (χ4v) is 5.71. The molecule has 2 atom stereocenters. The monoisotopic (exact) mass is 480 g/mol. The number of aromatic nitrogens is 2. The Kier molecular flexibility index (Phi) is 5.61. The number of thiocarbonyl (C=S) groups is 1. The van der Waals surface area contributed by atoms with Gasteiger partial charge in [0, 0.05) is 34.3 Å². The van der Waals surface area contributed by atoms with Crippen LogP contribution < -0.4 is 5.32 Å². The summed E-state index contributed by atoms with van der Waals surface area (Å²) in [6.07, 6.45) is 10.3. The smallest absolute Gasteiger partial charge is 0.170 e. The Morgan fingerprint density at radius 2 is 1.87 bits per heavy atom. The van der Waals surface area contributed by atoms with Crippen molar-refractivity contribution in [3.8, 4) is 5.69 Å². The molecule has 4 nitrogen and oxygen atoms in total. The normalized spacial score (nSPS) is 22.3. The predicted molar refractivity (Wildman–Crippen MR) is 128 cm³/mol. The van der Waals surface area contributed by atoms with Gasteiger partial charge in [0.1, 0.15) is 0 Å². The molecule has 1 aliphatic heterocycles. The summed E-state index contributed by atoms with van der Waals surface area (Å²) in [6.45, 7) is 0. The third-order valence-electron chi connectivity index (χ3n) is 6.27. The first kappa shape index (κ1) is 19.8. The topological polar surface area (TPSA) is 33.1 Å². The van der Waals surface area contributed by atoms with Crippen molar-refractivity contribution in [1.82, 2.24) is 19.8 Å². The molecule has 1 aromatic carbocycles. The average Bonchev–Trinajstić information content (AvgIpc) is 3.39. The third-order valence-corrected chi connectivity index (χ3v) is 7.10. The molecule has 0 bridgehead atoms. The van der Waals surface area contributed by atoms with Gasteiger partial charge in [-0.25, -0.2) is 0 Å². The fraction of sp³-hybridized carbons (Fsp3) is 0.333. The standard InChI is InChI=1S/C24H25BrN4S/c25-17-8-6-11-19(16-17)28-15-7-13-21(28)23-22(20-12-4-5-14-26-20)27-24(30)29(23)18-9-2-1-3-10-18/h4-8,11-16,18,22-23H,1-3,9-10H2,(H,27,30)/t22-,23+/m0/s1. The number of pyridine rings is 1. The van der Waals surface area contributed by atoms with Crippen LogP contribution in [0.1, 0.15) is 55.6 Å². The quantitative estimate of drug-likeness (QED) is 0.468. The molecule has 1 N–H and O–H groups in total. The Balaban J connectivity index is 1.61. The van der Waals surface area contributed by atoms with E-state index in [1.54, 1.807) is 0 Å². The summed E-state index contributed by atoms with van der Waals surface area (Å²) in [5.74, 6) is 0. The van der Waals surface area contributed by atoms with Crippen molar-refractivity contribution in [2.45, 2.75) is 50.2 Å². The molecule has 30 heavy (non-hydrogen) atoms. The number of hydrogen-bond donors (Lipinski definition) is 1. The van der Waals surface area contributed by atoms with E-state index in [4.69, 9.17) is 12.2 Å². The molecular weight excluding hydrogens is 456 g/mol. The van der Waals surface area contributed by atoms with Crippen LogP contribution in [0.15, 0.2) is 71.5 Å². The van der Waals surface area contributed by atoms with Gasteiger partial charge in [0.25, 0.3) is 0 Å². The number of nitrogens with one attached hydrogen (secondary N) is 1. The molecule has 0 unspecified atom stereocenters. The number of hydrogen-bond acceptors (Lipinski definition) is 2. The van der Waals surface area contributed by atoms with Crippen molar-refractivity contribution >= 4 is 33.3 Å². The lowest BCUT2D eigenvalue weighted by molar-refractivity contribution is 0.193. The second kappa shape index (κ2) is 8.52. The lowest BCUT2D eigenvalue weighted by Crippen LogP contribution is -2.40. The van der Waals surface area contributed by atoms with Crippen LogP contribution in [-0.2, 0) is 0 Å². The highest BCUT2D eigenvalue weighted by atomic mass is 79.9. The van der Waals surface area contributed by atoms with E-state index in [9.17, 15) is 0 Å². The van der Waals surface area contributed by atoms with Crippen LogP contribution in [0.4, 0.5) is 0 Å². The summed E-state index contributed by atoms with van der Waals surface area (Å²) >= 11 is 9.52. The lowest BCUT2D eigenvalue weighted by Gasteiger charge is -2.37. The van der Waals surface area contributed by atoms with Crippen LogP contribution in [0, 0.1) is 0 Å². The first-order valence-electron chi connectivity index (χ1n) is 10.7. The highest BCUT2D eigenvalue weighted by Gasteiger charge is 2.44. The molecule has 1 saturated carbocycles. The summed E-state index contributed by atoms with van der Waals surface area (Å²) in [7, 11) is 0. The Bertz CT molecular complexity index is 1030. The van der Waals surface area contributed by atoms with E-state index in [1.807, 2.05) is 12.3 Å². The van der Waals surface area contributed by atoms with Crippen LogP contribution in [0.2, 0.25) is 0 Å². The number of nitrogens with zero attached hydrogens (tertiary/aromatic N) is 3. The first-order valence-corrected chi connectivity index (χ1v) is 11.9. The largest absolute Gasteiger partial charge is 0.352 e. The van der Waals surface area contributed by atoms with Gasteiger partial charge in [0.15, 0.2) is 5.11 Å². The summed E-state index contributed by atoms with van der Waals surface area (Å²) in [5, 5.41) is 4.47. The molecule has 0 spiro atoms. The maximum absolute atomic E-state index is 5.90. The van der Waals surface area contributed by atoms with E-state index in [0.717, 1.165) is 21.0 Å². The highest BCUT2D eigenvalue weighted by molar-refractivity contribution is 9.10. The van der Waals surface area contributed by atoms with Gasteiger partial charge in [-0.2, -0.15) is 0 Å². The zero-order chi connectivity index (χ0) is 20.5. The van der Waals surface area contributed by atoms with Gasteiger partial charge in [-0.1, -0.05) is 47.3 Å². The van der Waals surface area contributed by atoms with E-state index in [1.165, 1.54) is 37.8 Å². The van der Waals surface area contributed by atoms with E-state index in [-0.39, 0.29) is 12.1 Å². The first-order chi connectivity index (χ1) is 14.7. The number of rotatable bonds is 4. The van der Waals surface area contributed by atoms with Crippen LogP contribution in [-0.4, -0.2) is 25.6 Å². The molecule has 0 radical (unpaired) electrons.